The normalized spacial score (nSPS) is 13.9. The zero-order chi connectivity index (χ0) is 28.2. The minimum Gasteiger partial charge on any atom is -0.461 e. The van der Waals surface area contributed by atoms with E-state index in [1.54, 1.807) is 49.3 Å². The van der Waals surface area contributed by atoms with Crippen molar-refractivity contribution < 1.29 is 34.3 Å². The monoisotopic (exact) mass is 541 g/mol. The van der Waals surface area contributed by atoms with Gasteiger partial charge in [0.05, 0.1) is 18.2 Å². The summed E-state index contributed by atoms with van der Waals surface area (Å²) < 4.78 is 15.0. The smallest absolute Gasteiger partial charge is 0.254 e. The molecule has 3 N–H and O–H groups in total. The summed E-state index contributed by atoms with van der Waals surface area (Å²) in [7, 11) is 1.68. The van der Waals surface area contributed by atoms with E-state index in [-0.39, 0.29) is 18.3 Å². The Morgan fingerprint density at radius 1 is 1.03 bits per heavy atom. The number of nitrogens with zero attached hydrogens (tertiary/aromatic N) is 1. The highest BCUT2D eigenvalue weighted by atomic mass is 35.5. The van der Waals surface area contributed by atoms with Crippen LogP contribution in [0.15, 0.2) is 42.5 Å². The summed E-state index contributed by atoms with van der Waals surface area (Å²) in [6.45, 7) is 12.7. The highest BCUT2D eigenvalue weighted by Gasteiger charge is 2.19. The van der Waals surface area contributed by atoms with Gasteiger partial charge in [0.15, 0.2) is 0 Å². The fraction of sp³-hybridized carbons (Fsp3) is 0.536. The third kappa shape index (κ3) is 13.8. The van der Waals surface area contributed by atoms with Crippen LogP contribution in [0.1, 0.15) is 51.4 Å². The van der Waals surface area contributed by atoms with Crippen molar-refractivity contribution in [3.63, 3.8) is 0 Å². The minimum atomic E-state index is -1.35. The first-order valence-electron chi connectivity index (χ1n) is 12.6. The van der Waals surface area contributed by atoms with Gasteiger partial charge in [-0.05, 0) is 56.2 Å². The summed E-state index contributed by atoms with van der Waals surface area (Å²) in [5.41, 5.74) is 2.38. The summed E-state index contributed by atoms with van der Waals surface area (Å²) in [6.07, 6.45) is -1.13. The summed E-state index contributed by atoms with van der Waals surface area (Å²) in [5.74, 6) is 0.284. The van der Waals surface area contributed by atoms with Crippen molar-refractivity contribution in [2.75, 3.05) is 46.6 Å². The van der Waals surface area contributed by atoms with Crippen LogP contribution < -0.4 is 4.74 Å². The van der Waals surface area contributed by atoms with E-state index < -0.39 is 12.4 Å². The zero-order valence-electron chi connectivity index (χ0n) is 22.9. The third-order valence-corrected chi connectivity index (χ3v) is 4.94. The molecule has 0 aromatic heterocycles. The van der Waals surface area contributed by atoms with E-state index in [0.29, 0.717) is 36.9 Å². The van der Waals surface area contributed by atoms with Crippen LogP contribution in [0.2, 0.25) is 5.02 Å². The zero-order valence-corrected chi connectivity index (χ0v) is 23.7. The second-order valence-electron chi connectivity index (χ2n) is 7.98. The van der Waals surface area contributed by atoms with Gasteiger partial charge < -0.3 is 34.4 Å². The van der Waals surface area contributed by atoms with E-state index in [2.05, 4.69) is 18.6 Å². The number of aliphatic hydroxyl groups is 3. The predicted molar refractivity (Wildman–Crippen MR) is 148 cm³/mol. The number of methoxy groups -OCH3 is 1. The van der Waals surface area contributed by atoms with Gasteiger partial charge in [-0.1, -0.05) is 50.1 Å². The Morgan fingerprint density at radius 3 is 1.95 bits per heavy atom. The summed E-state index contributed by atoms with van der Waals surface area (Å²) in [5, 5.41) is 26.8. The van der Waals surface area contributed by atoms with Crippen molar-refractivity contribution >= 4 is 17.5 Å². The SMILES string of the molecule is CC(O)C(O)Oc1ccc(-c2ccc(C(=O)N3CCOCC3)cc2)cc1Cl.CCC.CCO.CCOC. The fourth-order valence-corrected chi connectivity index (χ4v) is 2.98. The molecule has 2 atom stereocenters. The van der Waals surface area contributed by atoms with E-state index in [4.69, 9.17) is 26.2 Å². The van der Waals surface area contributed by atoms with Crippen LogP contribution in [0.5, 0.6) is 5.75 Å². The second kappa shape index (κ2) is 20.8. The molecular weight excluding hydrogens is 498 g/mol. The molecule has 1 amide bonds. The maximum Gasteiger partial charge on any atom is 0.254 e. The molecule has 210 valence electrons. The molecule has 37 heavy (non-hydrogen) atoms. The maximum absolute atomic E-state index is 12.5. The lowest BCUT2D eigenvalue weighted by atomic mass is 10.0. The highest BCUT2D eigenvalue weighted by Crippen LogP contribution is 2.31. The molecule has 1 heterocycles. The number of carbonyl (C=O) groups excluding carboxylic acids is 1. The van der Waals surface area contributed by atoms with Crippen LogP contribution in [-0.2, 0) is 9.47 Å². The van der Waals surface area contributed by atoms with Gasteiger partial charge >= 0.3 is 0 Å². The number of hydrogen-bond donors (Lipinski definition) is 3. The van der Waals surface area contributed by atoms with Crippen molar-refractivity contribution in [3.8, 4) is 16.9 Å². The Bertz CT molecular complexity index is 852. The Morgan fingerprint density at radius 2 is 1.51 bits per heavy atom. The molecule has 2 aromatic rings. The lowest BCUT2D eigenvalue weighted by molar-refractivity contribution is -0.0958. The Balaban J connectivity index is 0.00000112. The molecule has 1 saturated heterocycles. The van der Waals surface area contributed by atoms with Gasteiger partial charge in [-0.3, -0.25) is 4.79 Å². The summed E-state index contributed by atoms with van der Waals surface area (Å²) in [6, 6.07) is 12.5. The molecule has 0 radical (unpaired) electrons. The number of carbonyl (C=O) groups is 1. The Kier molecular flexibility index (Phi) is 19.6. The first kappa shape index (κ1) is 34.8. The molecule has 2 unspecified atom stereocenters. The molecule has 0 saturated carbocycles. The second-order valence-corrected chi connectivity index (χ2v) is 8.38. The summed E-state index contributed by atoms with van der Waals surface area (Å²) >= 11 is 6.22. The topological polar surface area (TPSA) is 109 Å². The molecule has 8 nitrogen and oxygen atoms in total. The minimum absolute atomic E-state index is 0.00117. The number of amides is 1. The molecule has 1 aliphatic rings. The van der Waals surface area contributed by atoms with Crippen LogP contribution >= 0.6 is 11.6 Å². The average Bonchev–Trinajstić information content (AvgIpc) is 2.91. The van der Waals surface area contributed by atoms with Gasteiger partial charge in [-0.2, -0.15) is 0 Å². The number of halogens is 1. The lowest BCUT2D eigenvalue weighted by Crippen LogP contribution is -2.40. The molecule has 0 aliphatic carbocycles. The largest absolute Gasteiger partial charge is 0.461 e. The molecule has 0 spiro atoms. The molecule has 2 aromatic carbocycles. The van der Waals surface area contributed by atoms with Crippen LogP contribution in [0.25, 0.3) is 11.1 Å². The summed E-state index contributed by atoms with van der Waals surface area (Å²) in [4.78, 5) is 14.3. The van der Waals surface area contributed by atoms with Crippen molar-refractivity contribution in [2.24, 2.45) is 0 Å². The Labute approximate surface area is 226 Å². The van der Waals surface area contributed by atoms with E-state index in [9.17, 15) is 15.0 Å². The van der Waals surface area contributed by atoms with Gasteiger partial charge in [0.2, 0.25) is 6.29 Å². The highest BCUT2D eigenvalue weighted by molar-refractivity contribution is 6.32. The first-order valence-corrected chi connectivity index (χ1v) is 13.0. The molecule has 9 heteroatoms. The molecule has 1 fully saturated rings. The standard InChI is InChI=1S/C20H22ClNO5.C3H8O.C3H8.C2H6O/c1-13(23)20(25)27-18-7-6-16(12-17(18)21)14-2-4-15(5-3-14)19(24)22-8-10-26-11-9-22;1-3-4-2;1-3-2;1-2-3/h2-7,12-13,20,23,25H,8-11H2,1H3;3H2,1-2H3;3H2,1-2H3;3H,2H2,1H3. The third-order valence-electron chi connectivity index (χ3n) is 4.64. The lowest BCUT2D eigenvalue weighted by Gasteiger charge is -2.26. The molecular formula is C28H44ClNO7. The average molecular weight is 542 g/mol. The van der Waals surface area contributed by atoms with Gasteiger partial charge in [0, 0.05) is 39.0 Å². The number of rotatable bonds is 6. The number of ether oxygens (including phenoxy) is 3. The molecule has 3 rings (SSSR count). The van der Waals surface area contributed by atoms with Crippen LogP contribution in [0, 0.1) is 0 Å². The predicted octanol–water partition coefficient (Wildman–Crippen LogP) is 4.63. The van der Waals surface area contributed by atoms with E-state index >= 15 is 0 Å². The van der Waals surface area contributed by atoms with Crippen molar-refractivity contribution in [2.45, 2.75) is 53.4 Å². The molecule has 0 bridgehead atoms. The van der Waals surface area contributed by atoms with E-state index in [1.165, 1.54) is 13.3 Å². The molecule has 1 aliphatic heterocycles. The van der Waals surface area contributed by atoms with Crippen LogP contribution in [0.4, 0.5) is 0 Å². The quantitative estimate of drug-likeness (QED) is 0.458. The van der Waals surface area contributed by atoms with Crippen molar-refractivity contribution in [3.05, 3.63) is 53.1 Å². The Hall–Kier alpha value is -2.20. The van der Waals surface area contributed by atoms with Crippen LogP contribution in [0.3, 0.4) is 0 Å². The van der Waals surface area contributed by atoms with Crippen LogP contribution in [-0.4, -0.2) is 85.1 Å². The fourth-order valence-electron chi connectivity index (χ4n) is 2.76. The number of benzene rings is 2. The van der Waals surface area contributed by atoms with Gasteiger partial charge in [-0.15, -0.1) is 0 Å². The van der Waals surface area contributed by atoms with E-state index in [1.807, 2.05) is 19.1 Å². The van der Waals surface area contributed by atoms with Crippen molar-refractivity contribution in [1.82, 2.24) is 4.90 Å². The maximum atomic E-state index is 12.5. The van der Waals surface area contributed by atoms with Gasteiger partial charge in [0.1, 0.15) is 11.9 Å². The number of morpholine rings is 1. The van der Waals surface area contributed by atoms with E-state index in [0.717, 1.165) is 17.7 Å². The number of hydrogen-bond acceptors (Lipinski definition) is 7. The first-order chi connectivity index (χ1) is 17.7. The number of aliphatic hydroxyl groups excluding tert-OH is 3. The van der Waals surface area contributed by atoms with Crippen molar-refractivity contribution in [1.29, 1.82) is 0 Å². The van der Waals surface area contributed by atoms with Gasteiger partial charge in [-0.25, -0.2) is 0 Å². The van der Waals surface area contributed by atoms with Gasteiger partial charge in [0.25, 0.3) is 5.91 Å².